The van der Waals surface area contributed by atoms with E-state index in [2.05, 4.69) is 4.90 Å². The third-order valence-electron chi connectivity index (χ3n) is 4.98. The van der Waals surface area contributed by atoms with Crippen molar-refractivity contribution in [3.8, 4) is 0 Å². The molecule has 0 bridgehead atoms. The van der Waals surface area contributed by atoms with Crippen molar-refractivity contribution in [1.82, 2.24) is 9.47 Å². The van der Waals surface area contributed by atoms with Crippen LogP contribution in [-0.4, -0.2) is 54.9 Å². The lowest BCUT2D eigenvalue weighted by Crippen LogP contribution is -2.38. The Morgan fingerprint density at radius 1 is 1.19 bits per heavy atom. The Labute approximate surface area is 154 Å². The van der Waals surface area contributed by atoms with E-state index in [4.69, 9.17) is 9.47 Å². The minimum Gasteiger partial charge on any atom is -0.461 e. The molecule has 1 aromatic carbocycles. The molecular weight excluding hydrogens is 358 g/mol. The summed E-state index contributed by atoms with van der Waals surface area (Å²) in [5.74, 6) is -2.87. The lowest BCUT2D eigenvalue weighted by molar-refractivity contribution is 0.0195. The minimum absolute atomic E-state index is 0.0107. The van der Waals surface area contributed by atoms with E-state index in [1.165, 1.54) is 6.20 Å². The number of pyridine rings is 1. The fraction of sp³-hybridized carbons (Fsp3) is 0.474. The second-order valence-electron chi connectivity index (χ2n) is 6.88. The molecule has 1 saturated heterocycles. The summed E-state index contributed by atoms with van der Waals surface area (Å²) in [6.45, 7) is 3.54. The lowest BCUT2D eigenvalue weighted by atomic mass is 10.1. The summed E-state index contributed by atoms with van der Waals surface area (Å²) in [6.07, 6.45) is 3.14. The van der Waals surface area contributed by atoms with Crippen LogP contribution in [0, 0.1) is 11.6 Å². The highest BCUT2D eigenvalue weighted by Gasteiger charge is 2.28. The summed E-state index contributed by atoms with van der Waals surface area (Å²) >= 11 is 0. The zero-order valence-electron chi connectivity index (χ0n) is 14.7. The molecular formula is C19H20F2N2O4. The highest BCUT2D eigenvalue weighted by atomic mass is 19.2. The number of esters is 1. The van der Waals surface area contributed by atoms with E-state index in [1.807, 2.05) is 0 Å². The van der Waals surface area contributed by atoms with Crippen LogP contribution in [0.5, 0.6) is 0 Å². The molecule has 0 unspecified atom stereocenters. The van der Waals surface area contributed by atoms with Gasteiger partial charge in [0.15, 0.2) is 11.6 Å². The number of hydrogen-bond acceptors (Lipinski definition) is 5. The van der Waals surface area contributed by atoms with E-state index in [9.17, 15) is 18.4 Å². The maximum absolute atomic E-state index is 13.7. The topological polar surface area (TPSA) is 60.8 Å². The van der Waals surface area contributed by atoms with Crippen LogP contribution in [0.1, 0.15) is 29.2 Å². The average molecular weight is 378 g/mol. The third-order valence-corrected chi connectivity index (χ3v) is 4.98. The normalized spacial score (nSPS) is 18.0. The van der Waals surface area contributed by atoms with Crippen LogP contribution in [0.3, 0.4) is 0 Å². The van der Waals surface area contributed by atoms with Gasteiger partial charge < -0.3 is 14.0 Å². The van der Waals surface area contributed by atoms with E-state index in [0.717, 1.165) is 38.1 Å². The standard InChI is InChI=1S/C19H20F2N2O4/c20-15-9-13-17(10-16(15)21)23(12-1-2-12)11-14(18(13)24)19(25)27-8-5-22-3-6-26-7-4-22/h9-12H,1-8H2. The first-order valence-corrected chi connectivity index (χ1v) is 9.05. The first-order valence-electron chi connectivity index (χ1n) is 9.05. The molecule has 0 N–H and O–H groups in total. The summed E-state index contributed by atoms with van der Waals surface area (Å²) in [6, 6.07) is 1.95. The largest absolute Gasteiger partial charge is 0.461 e. The number of benzene rings is 1. The Balaban J connectivity index is 1.59. The lowest BCUT2D eigenvalue weighted by Gasteiger charge is -2.26. The summed E-state index contributed by atoms with van der Waals surface area (Å²) in [7, 11) is 0. The Morgan fingerprint density at radius 3 is 2.59 bits per heavy atom. The predicted molar refractivity (Wildman–Crippen MR) is 93.9 cm³/mol. The molecule has 0 atom stereocenters. The van der Waals surface area contributed by atoms with Crippen LogP contribution in [-0.2, 0) is 9.47 Å². The van der Waals surface area contributed by atoms with Crippen molar-refractivity contribution < 1.29 is 23.0 Å². The summed E-state index contributed by atoms with van der Waals surface area (Å²) in [5.41, 5.74) is -0.495. The van der Waals surface area contributed by atoms with Crippen molar-refractivity contribution in [3.63, 3.8) is 0 Å². The quantitative estimate of drug-likeness (QED) is 0.746. The van der Waals surface area contributed by atoms with Crippen LogP contribution in [0.2, 0.25) is 0 Å². The molecule has 6 nitrogen and oxygen atoms in total. The molecule has 4 rings (SSSR count). The van der Waals surface area contributed by atoms with Gasteiger partial charge in [0.1, 0.15) is 12.2 Å². The zero-order valence-corrected chi connectivity index (χ0v) is 14.7. The molecule has 1 saturated carbocycles. The summed E-state index contributed by atoms with van der Waals surface area (Å²) < 4.78 is 39.5. The molecule has 1 aliphatic carbocycles. The van der Waals surface area contributed by atoms with E-state index >= 15 is 0 Å². The molecule has 2 heterocycles. The predicted octanol–water partition coefficient (Wildman–Crippen LogP) is 2.10. The van der Waals surface area contributed by atoms with Crippen molar-refractivity contribution >= 4 is 16.9 Å². The third kappa shape index (κ3) is 3.72. The number of halogens is 2. The molecule has 1 aliphatic heterocycles. The number of ether oxygens (including phenoxy) is 2. The van der Waals surface area contributed by atoms with Crippen LogP contribution < -0.4 is 5.43 Å². The number of morpholine rings is 1. The molecule has 0 amide bonds. The van der Waals surface area contributed by atoms with E-state index in [0.29, 0.717) is 25.3 Å². The molecule has 8 heteroatoms. The fourth-order valence-corrected chi connectivity index (χ4v) is 3.31. The molecule has 1 aromatic heterocycles. The summed E-state index contributed by atoms with van der Waals surface area (Å²) in [5, 5.41) is -0.0107. The van der Waals surface area contributed by atoms with Gasteiger partial charge in [-0.3, -0.25) is 9.69 Å². The fourth-order valence-electron chi connectivity index (χ4n) is 3.31. The first-order chi connectivity index (χ1) is 13.0. The maximum atomic E-state index is 13.7. The number of carbonyl (C=O) groups is 1. The number of hydrogen-bond donors (Lipinski definition) is 0. The molecule has 144 valence electrons. The summed E-state index contributed by atoms with van der Waals surface area (Å²) in [4.78, 5) is 27.2. The Bertz CT molecular complexity index is 933. The van der Waals surface area contributed by atoms with Crippen LogP contribution >= 0.6 is 0 Å². The van der Waals surface area contributed by atoms with Gasteiger partial charge in [0.25, 0.3) is 0 Å². The van der Waals surface area contributed by atoms with Crippen molar-refractivity contribution in [3.05, 3.63) is 45.8 Å². The molecule has 0 spiro atoms. The number of rotatable bonds is 5. The maximum Gasteiger partial charge on any atom is 0.343 e. The average Bonchev–Trinajstić information content (AvgIpc) is 3.49. The molecule has 0 radical (unpaired) electrons. The highest BCUT2D eigenvalue weighted by Crippen LogP contribution is 2.37. The van der Waals surface area contributed by atoms with E-state index in [-0.39, 0.29) is 23.6 Å². The van der Waals surface area contributed by atoms with Gasteiger partial charge in [-0.2, -0.15) is 0 Å². The van der Waals surface area contributed by atoms with Crippen molar-refractivity contribution in [1.29, 1.82) is 0 Å². The first kappa shape index (κ1) is 18.1. The minimum atomic E-state index is -1.11. The van der Waals surface area contributed by atoms with Crippen LogP contribution in [0.15, 0.2) is 23.1 Å². The smallest absolute Gasteiger partial charge is 0.343 e. The van der Waals surface area contributed by atoms with Gasteiger partial charge >= 0.3 is 5.97 Å². The van der Waals surface area contributed by atoms with E-state index in [1.54, 1.807) is 4.57 Å². The second kappa shape index (κ2) is 7.36. The Kier molecular flexibility index (Phi) is 4.92. The van der Waals surface area contributed by atoms with Gasteiger partial charge in [0.05, 0.1) is 18.7 Å². The van der Waals surface area contributed by atoms with Gasteiger partial charge in [-0.1, -0.05) is 0 Å². The van der Waals surface area contributed by atoms with E-state index < -0.39 is 23.0 Å². The van der Waals surface area contributed by atoms with Crippen LogP contribution in [0.25, 0.3) is 10.9 Å². The molecule has 27 heavy (non-hydrogen) atoms. The van der Waals surface area contributed by atoms with Gasteiger partial charge in [0, 0.05) is 43.3 Å². The monoisotopic (exact) mass is 378 g/mol. The molecule has 2 aromatic rings. The van der Waals surface area contributed by atoms with Gasteiger partial charge in [-0.05, 0) is 18.9 Å². The number of aromatic nitrogens is 1. The molecule has 2 fully saturated rings. The SMILES string of the molecule is O=C(OCCN1CCOCC1)c1cn(C2CC2)c2cc(F)c(F)cc2c1=O. The second-order valence-corrected chi connectivity index (χ2v) is 6.88. The van der Waals surface area contributed by atoms with Crippen molar-refractivity contribution in [2.24, 2.45) is 0 Å². The Morgan fingerprint density at radius 2 is 1.89 bits per heavy atom. The van der Waals surface area contributed by atoms with Gasteiger partial charge in [-0.25, -0.2) is 13.6 Å². The highest BCUT2D eigenvalue weighted by molar-refractivity contribution is 5.93. The number of nitrogens with zero attached hydrogens (tertiary/aromatic N) is 2. The van der Waals surface area contributed by atoms with Gasteiger partial charge in [-0.15, -0.1) is 0 Å². The zero-order chi connectivity index (χ0) is 19.0. The number of fused-ring (bicyclic) bond motifs is 1. The molecule has 2 aliphatic rings. The van der Waals surface area contributed by atoms with Gasteiger partial charge in [0.2, 0.25) is 5.43 Å². The number of carbonyl (C=O) groups excluding carboxylic acids is 1. The van der Waals surface area contributed by atoms with Crippen LogP contribution in [0.4, 0.5) is 8.78 Å². The van der Waals surface area contributed by atoms with Crippen molar-refractivity contribution in [2.45, 2.75) is 18.9 Å². The van der Waals surface area contributed by atoms with Crippen molar-refractivity contribution in [2.75, 3.05) is 39.5 Å². The Hall–Kier alpha value is -2.32.